The summed E-state index contributed by atoms with van der Waals surface area (Å²) in [5.41, 5.74) is 9.14. The molecule has 238 valence electrons. The highest BCUT2D eigenvalue weighted by Gasteiger charge is 2.23. The van der Waals surface area contributed by atoms with Crippen LogP contribution in [0.3, 0.4) is 0 Å². The summed E-state index contributed by atoms with van der Waals surface area (Å²) < 4.78 is 15.2. The summed E-state index contributed by atoms with van der Waals surface area (Å²) >= 11 is 0. The molecule has 4 heterocycles. The summed E-state index contributed by atoms with van der Waals surface area (Å²) in [5.74, 6) is 1.64. The molecule has 11 aromatic rings. The first kappa shape index (κ1) is 27.9. The van der Waals surface area contributed by atoms with Gasteiger partial charge in [0, 0.05) is 43.4 Å². The van der Waals surface area contributed by atoms with Gasteiger partial charge in [0.1, 0.15) is 22.3 Å². The monoisotopic (exact) mass is 654 g/mol. The molecule has 0 saturated heterocycles. The van der Waals surface area contributed by atoms with E-state index in [0.717, 1.165) is 87.9 Å². The summed E-state index contributed by atoms with van der Waals surface area (Å²) in [4.78, 5) is 15.7. The third kappa shape index (κ3) is 4.20. The van der Waals surface area contributed by atoms with Crippen molar-refractivity contribution in [2.24, 2.45) is 0 Å². The van der Waals surface area contributed by atoms with Crippen molar-refractivity contribution in [3.05, 3.63) is 158 Å². The first-order valence-electron chi connectivity index (χ1n) is 16.9. The van der Waals surface area contributed by atoms with Crippen molar-refractivity contribution in [1.82, 2.24) is 19.5 Å². The Bertz CT molecular complexity index is 3140. The number of nitrogens with zero attached hydrogens (tertiary/aromatic N) is 4. The Labute approximate surface area is 290 Å². The second-order valence-electron chi connectivity index (χ2n) is 12.8. The third-order valence-electron chi connectivity index (χ3n) is 9.88. The molecule has 0 spiro atoms. The lowest BCUT2D eigenvalue weighted by Gasteiger charge is -2.11. The van der Waals surface area contributed by atoms with E-state index in [9.17, 15) is 0 Å². The van der Waals surface area contributed by atoms with E-state index in [-0.39, 0.29) is 0 Å². The maximum absolute atomic E-state index is 6.63. The number of hydrogen-bond donors (Lipinski definition) is 0. The molecule has 0 amide bonds. The van der Waals surface area contributed by atoms with Crippen LogP contribution in [0.4, 0.5) is 0 Å². The standard InChI is InChI=1S/C45H26N4O2/c1-3-12-27(13-4-1)29-22-25-38-35(26-29)40-34(18-11-21-39(40)50-38)44-46-43(28-14-5-2-6-15-28)47-45(48-44)49-36-19-9-7-16-30(36)32-23-24-33-31-17-8-10-20-37(31)51-42(33)41(32)49/h1-26H. The lowest BCUT2D eigenvalue weighted by atomic mass is 10.0. The zero-order valence-corrected chi connectivity index (χ0v) is 27.1. The normalized spacial score (nSPS) is 11.9. The predicted octanol–water partition coefficient (Wildman–Crippen LogP) is 11.8. The average Bonchev–Trinajstić information content (AvgIpc) is 3.88. The minimum absolute atomic E-state index is 0.507. The molecule has 0 unspecified atom stereocenters. The van der Waals surface area contributed by atoms with E-state index in [4.69, 9.17) is 23.8 Å². The molecule has 0 saturated carbocycles. The van der Waals surface area contributed by atoms with Crippen molar-refractivity contribution in [2.45, 2.75) is 0 Å². The molecule has 6 nitrogen and oxygen atoms in total. The molecule has 6 heteroatoms. The summed E-state index contributed by atoms with van der Waals surface area (Å²) in [5, 5.41) is 6.24. The molecule has 0 fully saturated rings. The molecule has 0 aliphatic rings. The molecule has 0 atom stereocenters. The largest absolute Gasteiger partial charge is 0.456 e. The second kappa shape index (κ2) is 10.7. The Hall–Kier alpha value is -7.05. The van der Waals surface area contributed by atoms with Crippen LogP contribution in [0.5, 0.6) is 0 Å². The SMILES string of the molecule is c1ccc(-c2ccc3oc4cccc(-c5nc(-c6ccccc6)nc(-n6c7ccccc7c7ccc8c9ccccc9oc8c76)n5)c4c3c2)cc1. The van der Waals surface area contributed by atoms with Gasteiger partial charge in [-0.25, -0.2) is 4.98 Å². The molecule has 0 radical (unpaired) electrons. The third-order valence-corrected chi connectivity index (χ3v) is 9.88. The zero-order valence-electron chi connectivity index (χ0n) is 27.1. The number of furan rings is 2. The lowest BCUT2D eigenvalue weighted by molar-refractivity contribution is 0.669. The molecule has 4 aromatic heterocycles. The fourth-order valence-electron chi connectivity index (χ4n) is 7.56. The Morgan fingerprint density at radius 2 is 1.10 bits per heavy atom. The van der Waals surface area contributed by atoms with Crippen LogP contribution in [-0.2, 0) is 0 Å². The van der Waals surface area contributed by atoms with Gasteiger partial charge < -0.3 is 8.83 Å². The average molecular weight is 655 g/mol. The van der Waals surface area contributed by atoms with Gasteiger partial charge in [0.15, 0.2) is 17.2 Å². The Balaban J connectivity index is 1.24. The Morgan fingerprint density at radius 1 is 0.412 bits per heavy atom. The summed E-state index contributed by atoms with van der Waals surface area (Å²) in [6.45, 7) is 0. The highest BCUT2D eigenvalue weighted by Crippen LogP contribution is 2.41. The van der Waals surface area contributed by atoms with E-state index in [1.54, 1.807) is 0 Å². The summed E-state index contributed by atoms with van der Waals surface area (Å²) in [6.07, 6.45) is 0. The summed E-state index contributed by atoms with van der Waals surface area (Å²) in [6, 6.07) is 53.8. The van der Waals surface area contributed by atoms with Gasteiger partial charge in [-0.05, 0) is 47.5 Å². The Morgan fingerprint density at radius 3 is 1.96 bits per heavy atom. The van der Waals surface area contributed by atoms with Crippen LogP contribution in [-0.4, -0.2) is 19.5 Å². The second-order valence-corrected chi connectivity index (χ2v) is 12.8. The minimum Gasteiger partial charge on any atom is -0.456 e. The van der Waals surface area contributed by atoms with Crippen LogP contribution < -0.4 is 0 Å². The number of fused-ring (bicyclic) bond motifs is 10. The van der Waals surface area contributed by atoms with E-state index in [1.165, 1.54) is 0 Å². The lowest BCUT2D eigenvalue weighted by Crippen LogP contribution is -2.06. The van der Waals surface area contributed by atoms with E-state index in [1.807, 2.05) is 72.8 Å². The van der Waals surface area contributed by atoms with Gasteiger partial charge in [0.25, 0.3) is 0 Å². The first-order valence-corrected chi connectivity index (χ1v) is 16.9. The Kier molecular flexibility index (Phi) is 5.86. The van der Waals surface area contributed by atoms with Crippen molar-refractivity contribution in [3.63, 3.8) is 0 Å². The highest BCUT2D eigenvalue weighted by atomic mass is 16.3. The van der Waals surface area contributed by atoms with Crippen LogP contribution in [0, 0.1) is 0 Å². The van der Waals surface area contributed by atoms with Crippen LogP contribution in [0.15, 0.2) is 167 Å². The number of benzene rings is 7. The van der Waals surface area contributed by atoms with E-state index < -0.39 is 0 Å². The minimum atomic E-state index is 0.507. The molecule has 11 rings (SSSR count). The smallest absolute Gasteiger partial charge is 0.238 e. The quantitative estimate of drug-likeness (QED) is 0.189. The van der Waals surface area contributed by atoms with Gasteiger partial charge in [-0.3, -0.25) is 4.57 Å². The van der Waals surface area contributed by atoms with Gasteiger partial charge in [-0.1, -0.05) is 121 Å². The fourth-order valence-corrected chi connectivity index (χ4v) is 7.56. The number of rotatable bonds is 4. The molecule has 0 bridgehead atoms. The molecule has 51 heavy (non-hydrogen) atoms. The molecule has 0 aliphatic heterocycles. The van der Waals surface area contributed by atoms with Crippen molar-refractivity contribution in [1.29, 1.82) is 0 Å². The van der Waals surface area contributed by atoms with Crippen LogP contribution in [0.2, 0.25) is 0 Å². The number of hydrogen-bond acceptors (Lipinski definition) is 5. The molecule has 0 N–H and O–H groups in total. The fraction of sp³-hybridized carbons (Fsp3) is 0. The van der Waals surface area contributed by atoms with E-state index in [0.29, 0.717) is 17.6 Å². The van der Waals surface area contributed by atoms with E-state index in [2.05, 4.69) is 89.5 Å². The predicted molar refractivity (Wildman–Crippen MR) is 205 cm³/mol. The topological polar surface area (TPSA) is 69.9 Å². The maximum atomic E-state index is 6.63. The maximum Gasteiger partial charge on any atom is 0.238 e. The molecular formula is C45H26N4O2. The van der Waals surface area contributed by atoms with Gasteiger partial charge in [0.05, 0.1) is 5.52 Å². The van der Waals surface area contributed by atoms with Crippen LogP contribution >= 0.6 is 0 Å². The van der Waals surface area contributed by atoms with E-state index >= 15 is 0 Å². The molecular weight excluding hydrogens is 629 g/mol. The van der Waals surface area contributed by atoms with Crippen molar-refractivity contribution >= 4 is 65.7 Å². The zero-order chi connectivity index (χ0) is 33.5. The molecule has 0 aliphatic carbocycles. The van der Waals surface area contributed by atoms with Crippen molar-refractivity contribution in [2.75, 3.05) is 0 Å². The highest BCUT2D eigenvalue weighted by molar-refractivity contribution is 6.21. The van der Waals surface area contributed by atoms with Gasteiger partial charge in [-0.2, -0.15) is 9.97 Å². The molecule has 7 aromatic carbocycles. The number of para-hydroxylation sites is 2. The van der Waals surface area contributed by atoms with Gasteiger partial charge in [0.2, 0.25) is 5.95 Å². The van der Waals surface area contributed by atoms with Crippen LogP contribution in [0.25, 0.3) is 106 Å². The van der Waals surface area contributed by atoms with Crippen LogP contribution in [0.1, 0.15) is 0 Å². The van der Waals surface area contributed by atoms with Crippen molar-refractivity contribution < 1.29 is 8.83 Å². The first-order chi connectivity index (χ1) is 25.3. The summed E-state index contributed by atoms with van der Waals surface area (Å²) in [7, 11) is 0. The van der Waals surface area contributed by atoms with Crippen molar-refractivity contribution in [3.8, 4) is 39.9 Å². The van der Waals surface area contributed by atoms with Gasteiger partial charge >= 0.3 is 0 Å². The van der Waals surface area contributed by atoms with Gasteiger partial charge in [-0.15, -0.1) is 0 Å². The number of aromatic nitrogens is 4.